The molecule has 0 atom stereocenters. The van der Waals surface area contributed by atoms with Crippen LogP contribution in [0, 0.1) is 0 Å². The summed E-state index contributed by atoms with van der Waals surface area (Å²) in [6, 6.07) is 9.64. The molecule has 4 rings (SSSR count). The van der Waals surface area contributed by atoms with E-state index in [1.807, 2.05) is 49.8 Å². The van der Waals surface area contributed by atoms with E-state index >= 15 is 0 Å². The number of nitrogens with zero attached hydrogens (tertiary/aromatic N) is 6. The minimum atomic E-state index is 0.310. The molecule has 2 aromatic heterocycles. The monoisotopic (exact) mass is 368 g/mol. The van der Waals surface area contributed by atoms with Crippen LogP contribution in [-0.2, 0) is 26.7 Å². The fourth-order valence-electron chi connectivity index (χ4n) is 3.12. The molecule has 0 spiro atoms. The van der Waals surface area contributed by atoms with Gasteiger partial charge in [-0.3, -0.25) is 9.80 Å². The highest BCUT2D eigenvalue weighted by molar-refractivity contribution is 5.20. The molecule has 0 unspecified atom stereocenters. The van der Waals surface area contributed by atoms with Gasteiger partial charge in [0.2, 0.25) is 11.7 Å². The Morgan fingerprint density at radius 1 is 1.04 bits per heavy atom. The van der Waals surface area contributed by atoms with Crippen LogP contribution in [0.3, 0.4) is 0 Å². The van der Waals surface area contributed by atoms with E-state index in [9.17, 15) is 0 Å². The van der Waals surface area contributed by atoms with Crippen molar-refractivity contribution in [2.75, 3.05) is 26.2 Å². The fraction of sp³-hybridized carbons (Fsp3) is 0.421. The first-order valence-corrected chi connectivity index (χ1v) is 9.16. The lowest BCUT2D eigenvalue weighted by atomic mass is 10.3. The van der Waals surface area contributed by atoms with Crippen molar-refractivity contribution < 1.29 is 9.26 Å². The molecule has 0 amide bonds. The van der Waals surface area contributed by atoms with Crippen LogP contribution in [-0.4, -0.2) is 55.7 Å². The molecular weight excluding hydrogens is 344 g/mol. The van der Waals surface area contributed by atoms with Crippen molar-refractivity contribution in [3.8, 4) is 5.75 Å². The Bertz CT molecular complexity index is 839. The average molecular weight is 368 g/mol. The first-order chi connectivity index (χ1) is 13.3. The van der Waals surface area contributed by atoms with Gasteiger partial charge in [0.1, 0.15) is 11.6 Å². The molecular formula is C19H24N6O2. The Morgan fingerprint density at radius 2 is 1.78 bits per heavy atom. The van der Waals surface area contributed by atoms with E-state index in [0.29, 0.717) is 24.9 Å². The smallest absolute Gasteiger partial charge is 0.240 e. The van der Waals surface area contributed by atoms with Crippen molar-refractivity contribution in [3.63, 3.8) is 0 Å². The minimum Gasteiger partial charge on any atom is -0.485 e. The van der Waals surface area contributed by atoms with E-state index < -0.39 is 0 Å². The van der Waals surface area contributed by atoms with E-state index in [1.165, 1.54) is 0 Å². The van der Waals surface area contributed by atoms with E-state index in [-0.39, 0.29) is 0 Å². The van der Waals surface area contributed by atoms with Gasteiger partial charge < -0.3 is 13.8 Å². The average Bonchev–Trinajstić information content (AvgIpc) is 3.31. The third kappa shape index (κ3) is 4.72. The Labute approximate surface area is 158 Å². The Morgan fingerprint density at radius 3 is 2.48 bits per heavy atom. The summed E-state index contributed by atoms with van der Waals surface area (Å²) in [6.07, 6.45) is 3.83. The van der Waals surface area contributed by atoms with Crippen LogP contribution in [0.4, 0.5) is 0 Å². The van der Waals surface area contributed by atoms with Gasteiger partial charge in [-0.1, -0.05) is 23.4 Å². The predicted octanol–water partition coefficient (Wildman–Crippen LogP) is 1.70. The van der Waals surface area contributed by atoms with Gasteiger partial charge >= 0.3 is 0 Å². The van der Waals surface area contributed by atoms with Gasteiger partial charge in [-0.15, -0.1) is 0 Å². The van der Waals surface area contributed by atoms with Crippen molar-refractivity contribution in [2.24, 2.45) is 7.05 Å². The molecule has 0 saturated carbocycles. The molecule has 142 valence electrons. The zero-order valence-corrected chi connectivity index (χ0v) is 15.5. The fourth-order valence-corrected chi connectivity index (χ4v) is 3.12. The normalized spacial score (nSPS) is 15.9. The molecule has 8 nitrogen and oxygen atoms in total. The second kappa shape index (κ2) is 8.32. The zero-order valence-electron chi connectivity index (χ0n) is 15.5. The SMILES string of the molecule is Cn1ccnc1CN1CCN(Cc2nc(COc3ccccc3)no2)CC1. The van der Waals surface area contributed by atoms with Crippen LogP contribution in [0.15, 0.2) is 47.2 Å². The number of piperazine rings is 1. The molecule has 27 heavy (non-hydrogen) atoms. The lowest BCUT2D eigenvalue weighted by Gasteiger charge is -2.33. The molecule has 1 saturated heterocycles. The highest BCUT2D eigenvalue weighted by Gasteiger charge is 2.20. The van der Waals surface area contributed by atoms with Crippen molar-refractivity contribution >= 4 is 0 Å². The molecule has 0 radical (unpaired) electrons. The summed E-state index contributed by atoms with van der Waals surface area (Å²) in [6.45, 7) is 5.83. The van der Waals surface area contributed by atoms with E-state index in [1.54, 1.807) is 0 Å². The lowest BCUT2D eigenvalue weighted by molar-refractivity contribution is 0.109. The Hall–Kier alpha value is -2.71. The molecule has 1 fully saturated rings. The predicted molar refractivity (Wildman–Crippen MR) is 98.8 cm³/mol. The number of hydrogen-bond donors (Lipinski definition) is 0. The van der Waals surface area contributed by atoms with Gasteiger partial charge in [-0.05, 0) is 12.1 Å². The van der Waals surface area contributed by atoms with E-state index in [2.05, 4.69) is 29.5 Å². The Balaban J connectivity index is 1.22. The summed E-state index contributed by atoms with van der Waals surface area (Å²) >= 11 is 0. The van der Waals surface area contributed by atoms with Crippen LogP contribution in [0.2, 0.25) is 0 Å². The molecule has 3 aromatic rings. The highest BCUT2D eigenvalue weighted by Crippen LogP contribution is 2.12. The van der Waals surface area contributed by atoms with Crippen LogP contribution in [0.1, 0.15) is 17.5 Å². The molecule has 1 aliphatic rings. The maximum atomic E-state index is 5.66. The van der Waals surface area contributed by atoms with Crippen LogP contribution < -0.4 is 4.74 Å². The number of aromatic nitrogens is 4. The molecule has 1 aromatic carbocycles. The third-order valence-corrected chi connectivity index (χ3v) is 4.73. The molecule has 1 aliphatic heterocycles. The minimum absolute atomic E-state index is 0.310. The summed E-state index contributed by atoms with van der Waals surface area (Å²) in [4.78, 5) is 13.6. The van der Waals surface area contributed by atoms with E-state index in [0.717, 1.165) is 44.3 Å². The van der Waals surface area contributed by atoms with E-state index in [4.69, 9.17) is 9.26 Å². The second-order valence-electron chi connectivity index (χ2n) is 6.71. The topological polar surface area (TPSA) is 72.5 Å². The summed E-state index contributed by atoms with van der Waals surface area (Å²) in [5, 5.41) is 4.01. The zero-order chi connectivity index (χ0) is 18.5. The molecule has 0 aliphatic carbocycles. The van der Waals surface area contributed by atoms with Gasteiger partial charge in [0.05, 0.1) is 13.1 Å². The molecule has 8 heteroatoms. The van der Waals surface area contributed by atoms with Crippen LogP contribution in [0.25, 0.3) is 0 Å². The lowest BCUT2D eigenvalue weighted by Crippen LogP contribution is -2.45. The summed E-state index contributed by atoms with van der Waals surface area (Å²) in [5.41, 5.74) is 0. The van der Waals surface area contributed by atoms with Crippen molar-refractivity contribution in [1.82, 2.24) is 29.5 Å². The summed E-state index contributed by atoms with van der Waals surface area (Å²) < 4.78 is 13.1. The third-order valence-electron chi connectivity index (χ3n) is 4.73. The number of imidazole rings is 1. The van der Waals surface area contributed by atoms with Gasteiger partial charge in [0, 0.05) is 45.6 Å². The second-order valence-corrected chi connectivity index (χ2v) is 6.71. The Kier molecular flexibility index (Phi) is 5.45. The number of benzene rings is 1. The highest BCUT2D eigenvalue weighted by atomic mass is 16.5. The quantitative estimate of drug-likeness (QED) is 0.628. The molecule has 3 heterocycles. The van der Waals surface area contributed by atoms with Crippen LogP contribution >= 0.6 is 0 Å². The van der Waals surface area contributed by atoms with Crippen molar-refractivity contribution in [1.29, 1.82) is 0 Å². The van der Waals surface area contributed by atoms with Crippen molar-refractivity contribution in [2.45, 2.75) is 19.7 Å². The first kappa shape index (κ1) is 17.7. The molecule has 0 N–H and O–H groups in total. The number of para-hydroxylation sites is 1. The van der Waals surface area contributed by atoms with Gasteiger partial charge in [0.15, 0.2) is 6.61 Å². The van der Waals surface area contributed by atoms with Gasteiger partial charge in [0.25, 0.3) is 0 Å². The first-order valence-electron chi connectivity index (χ1n) is 9.16. The maximum absolute atomic E-state index is 5.66. The van der Waals surface area contributed by atoms with Gasteiger partial charge in [-0.25, -0.2) is 4.98 Å². The molecule has 0 bridgehead atoms. The largest absolute Gasteiger partial charge is 0.485 e. The standard InChI is InChI=1S/C19H24N6O2/c1-23-8-7-20-18(23)13-24-9-11-25(12-10-24)14-19-21-17(22-27-19)15-26-16-5-3-2-4-6-16/h2-8H,9-15H2,1H3. The number of rotatable bonds is 7. The summed E-state index contributed by atoms with van der Waals surface area (Å²) in [5.74, 6) is 3.11. The summed E-state index contributed by atoms with van der Waals surface area (Å²) in [7, 11) is 2.03. The number of aryl methyl sites for hydroxylation is 1. The van der Waals surface area contributed by atoms with Crippen molar-refractivity contribution in [3.05, 3.63) is 60.3 Å². The number of ether oxygens (including phenoxy) is 1. The maximum Gasteiger partial charge on any atom is 0.240 e. The van der Waals surface area contributed by atoms with Crippen LogP contribution in [0.5, 0.6) is 5.75 Å². The number of hydrogen-bond acceptors (Lipinski definition) is 7. The van der Waals surface area contributed by atoms with Gasteiger partial charge in [-0.2, -0.15) is 4.98 Å².